The first-order valence-electron chi connectivity index (χ1n) is 9.34. The Bertz CT molecular complexity index is 920. The molecule has 0 bridgehead atoms. The van der Waals surface area contributed by atoms with E-state index in [1.807, 2.05) is 6.07 Å². The Hall–Kier alpha value is -2.75. The summed E-state index contributed by atoms with van der Waals surface area (Å²) in [5.74, 6) is 0.430. The van der Waals surface area contributed by atoms with E-state index in [1.165, 1.54) is 23.1 Å². The summed E-state index contributed by atoms with van der Waals surface area (Å²) in [7, 11) is 0. The summed E-state index contributed by atoms with van der Waals surface area (Å²) in [6.07, 6.45) is 3.06. The van der Waals surface area contributed by atoms with Crippen molar-refractivity contribution in [2.45, 2.75) is 13.2 Å². The average Bonchev–Trinajstić information content (AvgIpc) is 3.25. The zero-order chi connectivity index (χ0) is 20.2. The first-order chi connectivity index (χ1) is 14.1. The summed E-state index contributed by atoms with van der Waals surface area (Å²) in [5.41, 5.74) is 1.08. The van der Waals surface area contributed by atoms with Crippen molar-refractivity contribution in [3.8, 4) is 5.75 Å². The highest BCUT2D eigenvalue weighted by atomic mass is 32.1. The molecule has 1 saturated heterocycles. The molecule has 3 heterocycles. The van der Waals surface area contributed by atoms with Gasteiger partial charge in [0.15, 0.2) is 6.79 Å². The van der Waals surface area contributed by atoms with Crippen LogP contribution in [0.5, 0.6) is 5.75 Å². The smallest absolute Gasteiger partial charge is 0.270 e. The van der Waals surface area contributed by atoms with E-state index < -0.39 is 4.92 Å². The van der Waals surface area contributed by atoms with Gasteiger partial charge in [0.25, 0.3) is 5.69 Å². The van der Waals surface area contributed by atoms with Gasteiger partial charge < -0.3 is 14.4 Å². The monoisotopic (exact) mass is 415 g/mol. The second-order valence-corrected chi connectivity index (χ2v) is 7.94. The molecule has 1 fully saturated rings. The number of nitro groups is 1. The van der Waals surface area contributed by atoms with Gasteiger partial charge >= 0.3 is 0 Å². The van der Waals surface area contributed by atoms with E-state index in [0.29, 0.717) is 30.0 Å². The van der Waals surface area contributed by atoms with Crippen molar-refractivity contribution in [2.75, 3.05) is 33.0 Å². The molecule has 1 aromatic heterocycles. The van der Waals surface area contributed by atoms with Gasteiger partial charge in [0, 0.05) is 66.9 Å². The average molecular weight is 415 g/mol. The van der Waals surface area contributed by atoms with E-state index in [0.717, 1.165) is 19.6 Å². The Morgan fingerprint density at radius 1 is 1.28 bits per heavy atom. The lowest BCUT2D eigenvalue weighted by atomic mass is 10.1. The number of thiophene rings is 1. The molecule has 8 nitrogen and oxygen atoms in total. The summed E-state index contributed by atoms with van der Waals surface area (Å²) in [4.78, 5) is 28.8. The fourth-order valence-corrected chi connectivity index (χ4v) is 4.22. The topological polar surface area (TPSA) is 85.1 Å². The number of amides is 1. The van der Waals surface area contributed by atoms with Crippen LogP contribution in [0, 0.1) is 10.1 Å². The van der Waals surface area contributed by atoms with Crippen molar-refractivity contribution in [3.05, 3.63) is 61.8 Å². The molecule has 0 atom stereocenters. The first kappa shape index (κ1) is 19.6. The van der Waals surface area contributed by atoms with Crippen LogP contribution < -0.4 is 4.74 Å². The third-order valence-electron chi connectivity index (χ3n) is 4.98. The molecule has 2 aliphatic rings. The predicted octanol–water partition coefficient (Wildman–Crippen LogP) is 2.88. The minimum atomic E-state index is -0.457. The van der Waals surface area contributed by atoms with Gasteiger partial charge in [-0.05, 0) is 17.5 Å². The van der Waals surface area contributed by atoms with E-state index in [-0.39, 0.29) is 25.0 Å². The number of benzene rings is 1. The normalized spacial score (nSPS) is 17.2. The number of fused-ring (bicyclic) bond motifs is 1. The molecule has 1 amide bonds. The number of non-ortho nitro benzene ring substituents is 1. The number of carbonyl (C=O) groups excluding carboxylic acids is 1. The Morgan fingerprint density at radius 2 is 2.10 bits per heavy atom. The quantitative estimate of drug-likeness (QED) is 0.424. The number of hydrogen-bond acceptors (Lipinski definition) is 7. The van der Waals surface area contributed by atoms with Gasteiger partial charge in [-0.15, -0.1) is 11.3 Å². The fourth-order valence-electron chi connectivity index (χ4n) is 3.48. The van der Waals surface area contributed by atoms with Crippen LogP contribution in [0.1, 0.15) is 16.0 Å². The van der Waals surface area contributed by atoms with Crippen molar-refractivity contribution in [2.24, 2.45) is 0 Å². The molecule has 0 saturated carbocycles. The van der Waals surface area contributed by atoms with Crippen molar-refractivity contribution in [1.29, 1.82) is 0 Å². The molecule has 0 unspecified atom stereocenters. The lowest BCUT2D eigenvalue weighted by Gasteiger charge is -2.34. The minimum absolute atomic E-state index is 0.0489. The molecule has 2 aliphatic heterocycles. The van der Waals surface area contributed by atoms with E-state index in [1.54, 1.807) is 22.3 Å². The van der Waals surface area contributed by atoms with E-state index in [2.05, 4.69) is 16.3 Å². The van der Waals surface area contributed by atoms with Gasteiger partial charge in [-0.2, -0.15) is 0 Å². The number of carbonyl (C=O) groups is 1. The summed E-state index contributed by atoms with van der Waals surface area (Å²) in [6.45, 7) is 4.21. The maximum absolute atomic E-state index is 12.6. The summed E-state index contributed by atoms with van der Waals surface area (Å²) in [6, 6.07) is 7.04. The Morgan fingerprint density at radius 3 is 2.83 bits per heavy atom. The lowest BCUT2D eigenvalue weighted by Crippen LogP contribution is -2.47. The summed E-state index contributed by atoms with van der Waals surface area (Å²) >= 11 is 1.74. The number of rotatable bonds is 5. The highest BCUT2D eigenvalue weighted by molar-refractivity contribution is 7.09. The zero-order valence-corrected chi connectivity index (χ0v) is 16.6. The van der Waals surface area contributed by atoms with Gasteiger partial charge in [0.1, 0.15) is 5.75 Å². The van der Waals surface area contributed by atoms with Crippen molar-refractivity contribution in [3.63, 3.8) is 0 Å². The van der Waals surface area contributed by atoms with Crippen LogP contribution in [-0.4, -0.2) is 53.6 Å². The molecule has 0 spiro atoms. The highest BCUT2D eigenvalue weighted by Gasteiger charge is 2.22. The second-order valence-electron chi connectivity index (χ2n) is 6.91. The van der Waals surface area contributed by atoms with Gasteiger partial charge in [-0.1, -0.05) is 6.07 Å². The van der Waals surface area contributed by atoms with Crippen LogP contribution in [0.4, 0.5) is 5.69 Å². The molecular formula is C20H21N3O5S. The fraction of sp³-hybridized carbons (Fsp3) is 0.350. The molecule has 2 aromatic rings. The molecule has 0 N–H and O–H groups in total. The second kappa shape index (κ2) is 8.73. The third-order valence-corrected chi connectivity index (χ3v) is 5.84. The molecular weight excluding hydrogens is 394 g/mol. The Labute approximate surface area is 172 Å². The number of ether oxygens (including phenoxy) is 2. The summed E-state index contributed by atoms with van der Waals surface area (Å²) < 4.78 is 10.7. The van der Waals surface area contributed by atoms with E-state index >= 15 is 0 Å². The molecule has 0 aliphatic carbocycles. The Balaban J connectivity index is 1.41. The minimum Gasteiger partial charge on any atom is -0.467 e. The number of nitrogens with zero attached hydrogens (tertiary/aromatic N) is 3. The van der Waals surface area contributed by atoms with Crippen molar-refractivity contribution in [1.82, 2.24) is 9.80 Å². The third kappa shape index (κ3) is 4.64. The maximum atomic E-state index is 12.6. The molecule has 0 radical (unpaired) electrons. The maximum Gasteiger partial charge on any atom is 0.270 e. The van der Waals surface area contributed by atoms with Crippen LogP contribution in [0.25, 0.3) is 6.08 Å². The lowest BCUT2D eigenvalue weighted by molar-refractivity contribution is -0.385. The summed E-state index contributed by atoms with van der Waals surface area (Å²) in [5, 5.41) is 13.3. The van der Waals surface area contributed by atoms with Crippen LogP contribution >= 0.6 is 11.3 Å². The van der Waals surface area contributed by atoms with Gasteiger partial charge in [0.05, 0.1) is 11.5 Å². The SMILES string of the molecule is O=C(/C=C/c1cc([N+](=O)[O-])cc2c1OCOC2)N1CCN(Cc2cccs2)CC1. The van der Waals surface area contributed by atoms with Crippen LogP contribution in [0.2, 0.25) is 0 Å². The molecule has 29 heavy (non-hydrogen) atoms. The molecule has 1 aromatic carbocycles. The number of piperazine rings is 1. The molecule has 9 heteroatoms. The standard InChI is InChI=1S/C20H21N3O5S/c24-19(22-7-5-21(6-8-22)12-18-2-1-9-29-18)4-3-15-10-17(23(25)26)11-16-13-27-14-28-20(15)16/h1-4,9-11H,5-8,12-14H2/b4-3+. The number of nitro benzene ring substituents is 1. The van der Waals surface area contributed by atoms with Crippen LogP contribution in [-0.2, 0) is 22.7 Å². The zero-order valence-electron chi connectivity index (χ0n) is 15.8. The highest BCUT2D eigenvalue weighted by Crippen LogP contribution is 2.33. The molecule has 4 rings (SSSR count). The van der Waals surface area contributed by atoms with E-state index in [4.69, 9.17) is 9.47 Å². The van der Waals surface area contributed by atoms with Gasteiger partial charge in [-0.3, -0.25) is 19.8 Å². The van der Waals surface area contributed by atoms with Crippen molar-refractivity contribution >= 4 is 29.0 Å². The van der Waals surface area contributed by atoms with E-state index in [9.17, 15) is 14.9 Å². The predicted molar refractivity (Wildman–Crippen MR) is 109 cm³/mol. The first-order valence-corrected chi connectivity index (χ1v) is 10.2. The number of hydrogen-bond donors (Lipinski definition) is 0. The van der Waals surface area contributed by atoms with Gasteiger partial charge in [0.2, 0.25) is 5.91 Å². The Kier molecular flexibility index (Phi) is 5.89. The molecule has 152 valence electrons. The van der Waals surface area contributed by atoms with Crippen molar-refractivity contribution < 1.29 is 19.2 Å². The van der Waals surface area contributed by atoms with Gasteiger partial charge in [-0.25, -0.2) is 0 Å². The largest absolute Gasteiger partial charge is 0.467 e. The van der Waals surface area contributed by atoms with Crippen LogP contribution in [0.3, 0.4) is 0 Å². The van der Waals surface area contributed by atoms with Crippen LogP contribution in [0.15, 0.2) is 35.7 Å².